The zero-order valence-corrected chi connectivity index (χ0v) is 18.6. The first-order valence-corrected chi connectivity index (χ1v) is 11.2. The molecule has 0 saturated carbocycles. The molecule has 1 saturated heterocycles. The molecule has 2 heterocycles. The summed E-state index contributed by atoms with van der Waals surface area (Å²) in [4.78, 5) is 16.9. The van der Waals surface area contributed by atoms with Crippen molar-refractivity contribution < 1.29 is 9.53 Å². The number of hydrogen-bond donors (Lipinski definition) is 0. The number of carbonyl (C=O) groups excluding carboxylic acids is 1. The lowest BCUT2D eigenvalue weighted by atomic mass is 10.0. The van der Waals surface area contributed by atoms with Crippen LogP contribution in [-0.2, 0) is 6.42 Å². The van der Waals surface area contributed by atoms with Gasteiger partial charge in [0.2, 0.25) is 0 Å². The van der Waals surface area contributed by atoms with Crippen molar-refractivity contribution in [1.29, 1.82) is 0 Å². The van der Waals surface area contributed by atoms with Crippen LogP contribution in [-0.4, -0.2) is 54.3 Å². The minimum absolute atomic E-state index is 0.0843. The van der Waals surface area contributed by atoms with Crippen LogP contribution in [0.25, 0.3) is 10.8 Å². The van der Waals surface area contributed by atoms with Crippen molar-refractivity contribution in [1.82, 2.24) is 15.1 Å². The van der Waals surface area contributed by atoms with E-state index in [9.17, 15) is 4.79 Å². The molecule has 0 aliphatic carbocycles. The van der Waals surface area contributed by atoms with Crippen LogP contribution in [0.2, 0.25) is 0 Å². The van der Waals surface area contributed by atoms with Gasteiger partial charge in [0, 0.05) is 48.9 Å². The summed E-state index contributed by atoms with van der Waals surface area (Å²) < 4.78 is 5.26. The Morgan fingerprint density at radius 3 is 2.18 bits per heavy atom. The van der Waals surface area contributed by atoms with Crippen LogP contribution in [0.1, 0.15) is 21.6 Å². The highest BCUT2D eigenvalue weighted by atomic mass is 16.5. The Hall–Kier alpha value is -3.93. The monoisotopic (exact) mass is 438 g/mol. The van der Waals surface area contributed by atoms with E-state index in [4.69, 9.17) is 4.74 Å². The highest BCUT2D eigenvalue weighted by molar-refractivity contribution is 5.95. The van der Waals surface area contributed by atoms with E-state index in [0.29, 0.717) is 19.5 Å². The van der Waals surface area contributed by atoms with Gasteiger partial charge in [0.05, 0.1) is 12.8 Å². The van der Waals surface area contributed by atoms with Crippen LogP contribution >= 0.6 is 0 Å². The molecule has 0 unspecified atom stereocenters. The minimum atomic E-state index is 0.0843. The van der Waals surface area contributed by atoms with Crippen molar-refractivity contribution in [2.45, 2.75) is 6.42 Å². The standard InChI is InChI=1S/C27H26N4O2/c1-33-22-13-11-20(12-14-22)19-25-23-9-5-6-10-24(23)26(29-28-25)30-15-17-31(18-16-30)27(32)21-7-3-2-4-8-21/h2-14H,15-19H2,1H3. The molecule has 0 atom stereocenters. The molecule has 1 amide bonds. The fourth-order valence-corrected chi connectivity index (χ4v) is 4.33. The number of fused-ring (bicyclic) bond motifs is 1. The summed E-state index contributed by atoms with van der Waals surface area (Å²) in [5.74, 6) is 1.81. The van der Waals surface area contributed by atoms with Gasteiger partial charge in [0.15, 0.2) is 5.82 Å². The first kappa shape index (κ1) is 20.9. The highest BCUT2D eigenvalue weighted by Gasteiger charge is 2.24. The van der Waals surface area contributed by atoms with E-state index in [1.165, 1.54) is 0 Å². The number of ether oxygens (including phenoxy) is 1. The fraction of sp³-hybridized carbons (Fsp3) is 0.222. The number of benzene rings is 3. The van der Waals surface area contributed by atoms with Crippen LogP contribution in [0.15, 0.2) is 78.9 Å². The molecular weight excluding hydrogens is 412 g/mol. The molecule has 6 heteroatoms. The molecule has 0 spiro atoms. The molecule has 0 radical (unpaired) electrons. The number of hydrogen-bond acceptors (Lipinski definition) is 5. The van der Waals surface area contributed by atoms with Gasteiger partial charge >= 0.3 is 0 Å². The third kappa shape index (κ3) is 4.37. The van der Waals surface area contributed by atoms with Crippen LogP contribution in [0.4, 0.5) is 5.82 Å². The zero-order valence-electron chi connectivity index (χ0n) is 18.6. The summed E-state index contributed by atoms with van der Waals surface area (Å²) in [5.41, 5.74) is 2.85. The van der Waals surface area contributed by atoms with E-state index in [0.717, 1.165) is 52.3 Å². The number of anilines is 1. The van der Waals surface area contributed by atoms with E-state index in [2.05, 4.69) is 39.4 Å². The van der Waals surface area contributed by atoms with Crippen molar-refractivity contribution in [2.75, 3.05) is 38.2 Å². The summed E-state index contributed by atoms with van der Waals surface area (Å²) in [7, 11) is 1.67. The molecule has 3 aromatic carbocycles. The van der Waals surface area contributed by atoms with Gasteiger partial charge in [-0.1, -0.05) is 54.6 Å². The van der Waals surface area contributed by atoms with E-state index >= 15 is 0 Å². The molecule has 0 bridgehead atoms. The third-order valence-corrected chi connectivity index (χ3v) is 6.16. The van der Waals surface area contributed by atoms with Crippen molar-refractivity contribution in [2.24, 2.45) is 0 Å². The summed E-state index contributed by atoms with van der Waals surface area (Å²) >= 11 is 0. The van der Waals surface area contributed by atoms with Crippen LogP contribution in [0, 0.1) is 0 Å². The van der Waals surface area contributed by atoms with E-state index in [1.54, 1.807) is 7.11 Å². The van der Waals surface area contributed by atoms with E-state index in [1.807, 2.05) is 59.5 Å². The Morgan fingerprint density at radius 1 is 0.818 bits per heavy atom. The summed E-state index contributed by atoms with van der Waals surface area (Å²) in [5, 5.41) is 11.5. The maximum Gasteiger partial charge on any atom is 0.253 e. The van der Waals surface area contributed by atoms with Crippen molar-refractivity contribution in [3.05, 3.63) is 95.7 Å². The Kier molecular flexibility index (Phi) is 5.89. The summed E-state index contributed by atoms with van der Waals surface area (Å²) in [6.45, 7) is 2.79. The van der Waals surface area contributed by atoms with Gasteiger partial charge in [-0.3, -0.25) is 4.79 Å². The minimum Gasteiger partial charge on any atom is -0.497 e. The predicted octanol–water partition coefficient (Wildman–Crippen LogP) is 4.19. The second kappa shape index (κ2) is 9.28. The zero-order chi connectivity index (χ0) is 22.6. The lowest BCUT2D eigenvalue weighted by molar-refractivity contribution is 0.0746. The SMILES string of the molecule is COc1ccc(Cc2nnc(N3CCN(C(=O)c4ccccc4)CC3)c3ccccc23)cc1. The van der Waals surface area contributed by atoms with Crippen LogP contribution in [0.5, 0.6) is 5.75 Å². The number of aromatic nitrogens is 2. The first-order valence-electron chi connectivity index (χ1n) is 11.2. The van der Waals surface area contributed by atoms with Crippen LogP contribution in [0.3, 0.4) is 0 Å². The molecule has 1 aromatic heterocycles. The Labute approximate surface area is 193 Å². The smallest absolute Gasteiger partial charge is 0.253 e. The highest BCUT2D eigenvalue weighted by Crippen LogP contribution is 2.28. The average molecular weight is 439 g/mol. The third-order valence-electron chi connectivity index (χ3n) is 6.16. The number of methoxy groups -OCH3 is 1. The first-order chi connectivity index (χ1) is 16.2. The van der Waals surface area contributed by atoms with Gasteiger partial charge in [0.1, 0.15) is 5.75 Å². The van der Waals surface area contributed by atoms with Crippen molar-refractivity contribution >= 4 is 22.5 Å². The molecule has 1 aliphatic heterocycles. The van der Waals surface area contributed by atoms with Gasteiger partial charge in [0.25, 0.3) is 5.91 Å². The van der Waals surface area contributed by atoms with E-state index < -0.39 is 0 Å². The normalized spacial score (nSPS) is 13.8. The molecule has 0 N–H and O–H groups in total. The second-order valence-corrected chi connectivity index (χ2v) is 8.19. The van der Waals surface area contributed by atoms with Gasteiger partial charge in [-0.2, -0.15) is 5.10 Å². The topological polar surface area (TPSA) is 58.6 Å². The molecule has 1 fully saturated rings. The second-order valence-electron chi connectivity index (χ2n) is 8.19. The number of rotatable bonds is 5. The van der Waals surface area contributed by atoms with Crippen molar-refractivity contribution in [3.63, 3.8) is 0 Å². The summed E-state index contributed by atoms with van der Waals surface area (Å²) in [6.07, 6.45) is 0.705. The van der Waals surface area contributed by atoms with Gasteiger partial charge < -0.3 is 14.5 Å². The molecular formula is C27H26N4O2. The molecule has 33 heavy (non-hydrogen) atoms. The Morgan fingerprint density at radius 2 is 1.48 bits per heavy atom. The lowest BCUT2D eigenvalue weighted by Gasteiger charge is -2.35. The Balaban J connectivity index is 1.35. The number of nitrogens with zero attached hydrogens (tertiary/aromatic N) is 4. The maximum atomic E-state index is 12.8. The maximum absolute atomic E-state index is 12.8. The molecule has 6 nitrogen and oxygen atoms in total. The Bertz CT molecular complexity index is 1250. The lowest BCUT2D eigenvalue weighted by Crippen LogP contribution is -2.49. The largest absolute Gasteiger partial charge is 0.497 e. The molecule has 1 aliphatic rings. The average Bonchev–Trinajstić information content (AvgIpc) is 2.89. The molecule has 166 valence electrons. The summed E-state index contributed by atoms with van der Waals surface area (Å²) in [6, 6.07) is 25.8. The number of piperazine rings is 1. The predicted molar refractivity (Wildman–Crippen MR) is 130 cm³/mol. The van der Waals surface area contributed by atoms with Gasteiger partial charge in [-0.05, 0) is 29.8 Å². The quantitative estimate of drug-likeness (QED) is 0.468. The van der Waals surface area contributed by atoms with Gasteiger partial charge in [-0.25, -0.2) is 0 Å². The van der Waals surface area contributed by atoms with E-state index in [-0.39, 0.29) is 5.91 Å². The van der Waals surface area contributed by atoms with Gasteiger partial charge in [-0.15, -0.1) is 5.10 Å². The molecule has 4 aromatic rings. The molecule has 5 rings (SSSR count). The van der Waals surface area contributed by atoms with Crippen molar-refractivity contribution in [3.8, 4) is 5.75 Å². The number of amides is 1. The fourth-order valence-electron chi connectivity index (χ4n) is 4.33. The number of carbonyl (C=O) groups is 1. The van der Waals surface area contributed by atoms with Crippen LogP contribution < -0.4 is 9.64 Å².